The van der Waals surface area contributed by atoms with Gasteiger partial charge in [0.05, 0.1) is 19.6 Å². The highest BCUT2D eigenvalue weighted by atomic mass is 16.5. The van der Waals surface area contributed by atoms with Gasteiger partial charge in [0, 0.05) is 7.05 Å². The van der Waals surface area contributed by atoms with Crippen molar-refractivity contribution >= 4 is 23.4 Å². The summed E-state index contributed by atoms with van der Waals surface area (Å²) in [6, 6.07) is 16.4. The molecule has 34 heavy (non-hydrogen) atoms. The molecule has 0 unspecified atom stereocenters. The molecule has 10 heteroatoms. The second-order valence-electron chi connectivity index (χ2n) is 7.59. The first-order chi connectivity index (χ1) is 16.3. The summed E-state index contributed by atoms with van der Waals surface area (Å²) in [5.74, 6) is -0.865. The van der Waals surface area contributed by atoms with Gasteiger partial charge in [0.2, 0.25) is 0 Å². The number of nitrogen functional groups attached to an aromatic ring is 1. The van der Waals surface area contributed by atoms with E-state index < -0.39 is 29.7 Å². The number of nitrogens with zero attached hydrogens (tertiary/aromatic N) is 2. The molecule has 3 rings (SSSR count). The van der Waals surface area contributed by atoms with Crippen molar-refractivity contribution < 1.29 is 19.1 Å². The van der Waals surface area contributed by atoms with E-state index >= 15 is 0 Å². The molecule has 1 amide bonds. The zero-order chi connectivity index (χ0) is 24.7. The lowest BCUT2D eigenvalue weighted by Gasteiger charge is -2.20. The van der Waals surface area contributed by atoms with Crippen LogP contribution in [0.4, 0.5) is 11.5 Å². The quantitative estimate of drug-likeness (QED) is 0.456. The zero-order valence-electron chi connectivity index (χ0n) is 18.9. The second-order valence-corrected chi connectivity index (χ2v) is 7.59. The van der Waals surface area contributed by atoms with E-state index in [0.29, 0.717) is 5.75 Å². The van der Waals surface area contributed by atoms with Crippen LogP contribution < -0.4 is 26.6 Å². The monoisotopic (exact) mass is 466 g/mol. The number of rotatable bonds is 9. The predicted molar refractivity (Wildman–Crippen MR) is 127 cm³/mol. The van der Waals surface area contributed by atoms with E-state index in [1.54, 1.807) is 30.3 Å². The van der Waals surface area contributed by atoms with Crippen LogP contribution in [0, 0.1) is 6.92 Å². The highest BCUT2D eigenvalue weighted by molar-refractivity contribution is 5.96. The number of ether oxygens (including phenoxy) is 2. The van der Waals surface area contributed by atoms with Gasteiger partial charge in [0.25, 0.3) is 11.5 Å². The number of nitrogens with one attached hydrogen (secondary N) is 1. The van der Waals surface area contributed by atoms with Gasteiger partial charge in [-0.25, -0.2) is 4.79 Å². The van der Waals surface area contributed by atoms with Crippen molar-refractivity contribution in [3.05, 3.63) is 86.6 Å². The van der Waals surface area contributed by atoms with Gasteiger partial charge in [-0.1, -0.05) is 42.5 Å². The molecule has 0 bridgehead atoms. The minimum atomic E-state index is -0.819. The van der Waals surface area contributed by atoms with Gasteiger partial charge in [-0.3, -0.25) is 23.9 Å². The first-order valence-electron chi connectivity index (χ1n) is 10.5. The van der Waals surface area contributed by atoms with E-state index in [0.717, 1.165) is 20.6 Å². The fourth-order valence-corrected chi connectivity index (χ4v) is 3.22. The Bertz CT molecular complexity index is 1280. The molecule has 3 N–H and O–H groups in total. The minimum Gasteiger partial charge on any atom is -0.493 e. The highest BCUT2D eigenvalue weighted by Gasteiger charge is 2.22. The van der Waals surface area contributed by atoms with Crippen LogP contribution in [0.2, 0.25) is 0 Å². The van der Waals surface area contributed by atoms with Crippen LogP contribution in [0.1, 0.15) is 17.5 Å². The summed E-state index contributed by atoms with van der Waals surface area (Å²) in [4.78, 5) is 52.4. The Morgan fingerprint density at radius 1 is 1.09 bits per heavy atom. The Morgan fingerprint density at radius 3 is 2.53 bits per heavy atom. The molecule has 0 radical (unpaired) electrons. The third-order valence-electron chi connectivity index (χ3n) is 5.03. The number of H-pyrrole nitrogens is 1. The van der Waals surface area contributed by atoms with E-state index in [1.807, 2.05) is 31.2 Å². The lowest BCUT2D eigenvalue weighted by molar-refractivity contribution is -0.148. The van der Waals surface area contributed by atoms with Gasteiger partial charge < -0.3 is 20.1 Å². The molecule has 3 aromatic rings. The number of aromatic amines is 1. The number of esters is 1. The number of hydrogen-bond acceptors (Lipinski definition) is 7. The van der Waals surface area contributed by atoms with E-state index in [-0.39, 0.29) is 31.1 Å². The SMILES string of the molecule is Cc1cccc(OCCC(=O)OCC(=O)N(C)c2c(N)n(Cc3ccccc3)c(=O)[nH]c2=O)c1. The molecule has 0 fully saturated rings. The number of benzene rings is 2. The van der Waals surface area contributed by atoms with Gasteiger partial charge in [0.15, 0.2) is 12.3 Å². The van der Waals surface area contributed by atoms with Gasteiger partial charge in [-0.05, 0) is 30.2 Å². The molecule has 0 spiro atoms. The number of nitrogens with two attached hydrogens (primary N) is 1. The number of carbonyl (C=O) groups excluding carboxylic acids is 2. The van der Waals surface area contributed by atoms with E-state index in [9.17, 15) is 19.2 Å². The van der Waals surface area contributed by atoms with E-state index in [1.165, 1.54) is 7.05 Å². The fraction of sp³-hybridized carbons (Fsp3) is 0.250. The summed E-state index contributed by atoms with van der Waals surface area (Å²) < 4.78 is 11.7. The molecule has 0 aliphatic rings. The van der Waals surface area contributed by atoms with Crippen LogP contribution in [-0.4, -0.2) is 41.7 Å². The molecule has 0 saturated carbocycles. The lowest BCUT2D eigenvalue weighted by Crippen LogP contribution is -2.40. The van der Waals surface area contributed by atoms with E-state index in [2.05, 4.69) is 4.98 Å². The van der Waals surface area contributed by atoms with Crippen LogP contribution in [0.3, 0.4) is 0 Å². The summed E-state index contributed by atoms with van der Waals surface area (Å²) in [6.07, 6.45) is -0.0599. The normalized spacial score (nSPS) is 10.5. The summed E-state index contributed by atoms with van der Waals surface area (Å²) in [6.45, 7) is 1.52. The summed E-state index contributed by atoms with van der Waals surface area (Å²) in [5, 5.41) is 0. The number of amides is 1. The highest BCUT2D eigenvalue weighted by Crippen LogP contribution is 2.17. The predicted octanol–water partition coefficient (Wildman–Crippen LogP) is 1.45. The first kappa shape index (κ1) is 24.3. The molecule has 1 heterocycles. The number of carbonyl (C=O) groups is 2. The van der Waals surface area contributed by atoms with Crippen molar-refractivity contribution in [3.8, 4) is 5.75 Å². The Balaban J connectivity index is 1.61. The van der Waals surface area contributed by atoms with Crippen molar-refractivity contribution in [3.63, 3.8) is 0 Å². The van der Waals surface area contributed by atoms with Crippen molar-refractivity contribution in [1.29, 1.82) is 0 Å². The smallest absolute Gasteiger partial charge is 0.330 e. The Labute approximate surface area is 195 Å². The van der Waals surface area contributed by atoms with Crippen molar-refractivity contribution in [2.45, 2.75) is 19.9 Å². The van der Waals surface area contributed by atoms with Crippen molar-refractivity contribution in [2.75, 3.05) is 30.9 Å². The van der Waals surface area contributed by atoms with Crippen LogP contribution in [-0.2, 0) is 20.9 Å². The van der Waals surface area contributed by atoms with Gasteiger partial charge in [-0.15, -0.1) is 0 Å². The third-order valence-corrected chi connectivity index (χ3v) is 5.03. The molecule has 0 saturated heterocycles. The first-order valence-corrected chi connectivity index (χ1v) is 10.5. The third kappa shape index (κ3) is 6.12. The van der Waals surface area contributed by atoms with Crippen LogP contribution in [0.25, 0.3) is 0 Å². The summed E-state index contributed by atoms with van der Waals surface area (Å²) in [7, 11) is 1.31. The Hall–Kier alpha value is -4.34. The Morgan fingerprint density at radius 2 is 1.82 bits per heavy atom. The average Bonchev–Trinajstić information content (AvgIpc) is 2.80. The number of aromatic nitrogens is 2. The fourth-order valence-electron chi connectivity index (χ4n) is 3.22. The number of anilines is 2. The maximum absolute atomic E-state index is 12.6. The van der Waals surface area contributed by atoms with Gasteiger partial charge in [-0.2, -0.15) is 0 Å². The molecule has 0 aliphatic carbocycles. The van der Waals surface area contributed by atoms with Crippen molar-refractivity contribution in [1.82, 2.24) is 9.55 Å². The maximum atomic E-state index is 12.6. The standard InChI is InChI=1S/C24H26N4O6/c1-16-7-6-10-18(13-16)33-12-11-20(30)34-15-19(29)27(2)21-22(25)28(24(32)26-23(21)31)14-17-8-4-3-5-9-17/h3-10,13H,11-12,14-15,25H2,1-2H3,(H,26,31,32). The molecule has 10 nitrogen and oxygen atoms in total. The van der Waals surface area contributed by atoms with E-state index in [4.69, 9.17) is 15.2 Å². The average molecular weight is 466 g/mol. The Kier molecular flexibility index (Phi) is 7.86. The summed E-state index contributed by atoms with van der Waals surface area (Å²) in [5.41, 5.74) is 6.17. The molecule has 2 aromatic carbocycles. The number of aryl methyl sites for hydroxylation is 1. The molecular formula is C24H26N4O6. The molecule has 0 aliphatic heterocycles. The van der Waals surface area contributed by atoms with Gasteiger partial charge >= 0.3 is 11.7 Å². The molecular weight excluding hydrogens is 440 g/mol. The number of likely N-dealkylation sites (N-methyl/N-ethyl adjacent to an activating group) is 1. The topological polar surface area (TPSA) is 137 Å². The molecule has 0 atom stereocenters. The molecule has 1 aromatic heterocycles. The number of hydrogen-bond donors (Lipinski definition) is 2. The summed E-state index contributed by atoms with van der Waals surface area (Å²) >= 11 is 0. The second kappa shape index (κ2) is 11.0. The van der Waals surface area contributed by atoms with Crippen LogP contribution >= 0.6 is 0 Å². The van der Waals surface area contributed by atoms with Crippen molar-refractivity contribution in [2.24, 2.45) is 0 Å². The van der Waals surface area contributed by atoms with Crippen LogP contribution in [0.15, 0.2) is 64.2 Å². The lowest BCUT2D eigenvalue weighted by atomic mass is 10.2. The van der Waals surface area contributed by atoms with Crippen LogP contribution in [0.5, 0.6) is 5.75 Å². The van der Waals surface area contributed by atoms with Gasteiger partial charge in [0.1, 0.15) is 11.6 Å². The zero-order valence-corrected chi connectivity index (χ0v) is 18.9. The molecule has 178 valence electrons. The maximum Gasteiger partial charge on any atom is 0.330 e. The minimum absolute atomic E-state index is 0.0599. The largest absolute Gasteiger partial charge is 0.493 e.